The lowest BCUT2D eigenvalue weighted by molar-refractivity contribution is -0.144. The maximum atomic E-state index is 14.5. The molecule has 3 aliphatic rings. The molecular formula is C39H65N7O7. The van der Waals surface area contributed by atoms with Crippen LogP contribution in [0.25, 0.3) is 0 Å². The normalized spacial score (nSPS) is 26.4. The van der Waals surface area contributed by atoms with E-state index in [9.17, 15) is 33.6 Å². The molecule has 3 fully saturated rings. The van der Waals surface area contributed by atoms with Gasteiger partial charge in [0.2, 0.25) is 23.4 Å². The number of fused-ring (bicyclic) bond motifs is 3. The Labute approximate surface area is 316 Å². The minimum atomic E-state index is -1.02. The zero-order valence-corrected chi connectivity index (χ0v) is 33.3. The number of ketones is 2. The van der Waals surface area contributed by atoms with Crippen molar-refractivity contribution in [1.29, 1.82) is 0 Å². The van der Waals surface area contributed by atoms with Gasteiger partial charge in [-0.2, -0.15) is 0 Å². The monoisotopic (exact) mass is 743 g/mol. The third-order valence-corrected chi connectivity index (χ3v) is 11.4. The van der Waals surface area contributed by atoms with Crippen LogP contribution >= 0.6 is 0 Å². The second-order valence-electron chi connectivity index (χ2n) is 17.2. The lowest BCUT2D eigenvalue weighted by Gasteiger charge is -2.38. The Morgan fingerprint density at radius 3 is 2.15 bits per heavy atom. The van der Waals surface area contributed by atoms with Crippen LogP contribution in [-0.2, 0) is 28.8 Å². The van der Waals surface area contributed by atoms with E-state index in [1.54, 1.807) is 16.8 Å². The van der Waals surface area contributed by atoms with Crippen molar-refractivity contribution < 1.29 is 33.6 Å². The van der Waals surface area contributed by atoms with Gasteiger partial charge in [0.1, 0.15) is 12.1 Å². The SMILES string of the molecule is C=CCNC(=O)C(=O)[C@@H]1CCCCCCCCC[C@H](NC(=O)N[C@H](CN(C)[C@H](CN(C)C)C(=O)C=O)C(C)(C)C)C(=O)N2C[C@H]3[C@@H]([C@H]2C(=O)N1)C3(C)C. The highest BCUT2D eigenvalue weighted by Gasteiger charge is 2.69. The minimum absolute atomic E-state index is 0.0776. The number of likely N-dealkylation sites (N-methyl/N-ethyl adjacent to an activating group) is 2. The van der Waals surface area contributed by atoms with Gasteiger partial charge in [-0.05, 0) is 56.7 Å². The maximum absolute atomic E-state index is 14.5. The number of nitrogens with one attached hydrogen (secondary N) is 4. The van der Waals surface area contributed by atoms with E-state index in [-0.39, 0.29) is 36.2 Å². The van der Waals surface area contributed by atoms with Gasteiger partial charge in [0.25, 0.3) is 5.91 Å². The number of hydrogen-bond acceptors (Lipinski definition) is 9. The Balaban J connectivity index is 1.86. The highest BCUT2D eigenvalue weighted by Crippen LogP contribution is 2.65. The number of nitrogens with zero attached hydrogens (tertiary/aromatic N) is 3. The number of rotatable bonds is 13. The molecule has 298 valence electrons. The summed E-state index contributed by atoms with van der Waals surface area (Å²) in [6.45, 7) is 14.7. The molecule has 2 heterocycles. The van der Waals surface area contributed by atoms with Gasteiger partial charge in [0, 0.05) is 32.2 Å². The van der Waals surface area contributed by atoms with Crippen molar-refractivity contribution in [3.8, 4) is 0 Å². The zero-order valence-electron chi connectivity index (χ0n) is 33.3. The Bertz CT molecular complexity index is 1360. The first-order valence-corrected chi connectivity index (χ1v) is 19.3. The molecule has 0 radical (unpaired) electrons. The highest BCUT2D eigenvalue weighted by molar-refractivity contribution is 6.38. The van der Waals surface area contributed by atoms with Crippen LogP contribution in [0.5, 0.6) is 0 Å². The molecule has 0 aromatic heterocycles. The van der Waals surface area contributed by atoms with Crippen molar-refractivity contribution in [2.24, 2.45) is 22.7 Å². The summed E-state index contributed by atoms with van der Waals surface area (Å²) in [5.74, 6) is -2.92. The molecule has 3 rings (SSSR count). The van der Waals surface area contributed by atoms with Gasteiger partial charge in [0.05, 0.1) is 12.1 Å². The van der Waals surface area contributed by atoms with Gasteiger partial charge in [-0.25, -0.2) is 4.79 Å². The average molecular weight is 744 g/mol. The fraction of sp³-hybridized carbons (Fsp3) is 0.769. The second kappa shape index (κ2) is 19.1. The maximum Gasteiger partial charge on any atom is 0.315 e. The second-order valence-corrected chi connectivity index (χ2v) is 17.2. The average Bonchev–Trinajstić information content (AvgIpc) is 3.38. The van der Waals surface area contributed by atoms with Crippen molar-refractivity contribution in [3.63, 3.8) is 0 Å². The molecule has 14 nitrogen and oxygen atoms in total. The van der Waals surface area contributed by atoms with E-state index >= 15 is 0 Å². The molecule has 0 aromatic carbocycles. The number of urea groups is 1. The number of Topliss-reactive ketones (excluding diaryl/α,β-unsaturated/α-hetero) is 2. The van der Waals surface area contributed by atoms with E-state index in [2.05, 4.69) is 41.7 Å². The van der Waals surface area contributed by atoms with Gasteiger partial charge in [-0.15, -0.1) is 6.58 Å². The number of amides is 5. The highest BCUT2D eigenvalue weighted by atomic mass is 16.2. The Morgan fingerprint density at radius 1 is 0.981 bits per heavy atom. The summed E-state index contributed by atoms with van der Waals surface area (Å²) in [7, 11) is 5.38. The molecule has 0 spiro atoms. The Morgan fingerprint density at radius 2 is 1.58 bits per heavy atom. The van der Waals surface area contributed by atoms with Gasteiger partial charge in [-0.3, -0.25) is 33.7 Å². The third kappa shape index (κ3) is 11.7. The Kier molecular flexibility index (Phi) is 15.8. The number of carbonyl (C=O) groups is 7. The lowest BCUT2D eigenvalue weighted by Crippen LogP contribution is -2.60. The van der Waals surface area contributed by atoms with Crippen molar-refractivity contribution in [2.45, 2.75) is 123 Å². The van der Waals surface area contributed by atoms with Crippen molar-refractivity contribution in [3.05, 3.63) is 12.7 Å². The fourth-order valence-electron chi connectivity index (χ4n) is 7.97. The van der Waals surface area contributed by atoms with E-state index in [1.807, 2.05) is 39.8 Å². The summed E-state index contributed by atoms with van der Waals surface area (Å²) < 4.78 is 0. The van der Waals surface area contributed by atoms with Crippen LogP contribution in [0.15, 0.2) is 12.7 Å². The number of hydrogen-bond donors (Lipinski definition) is 4. The van der Waals surface area contributed by atoms with Gasteiger partial charge in [0.15, 0.2) is 6.29 Å². The molecule has 4 N–H and O–H groups in total. The zero-order chi connectivity index (χ0) is 39.7. The van der Waals surface area contributed by atoms with Gasteiger partial charge in [-0.1, -0.05) is 85.6 Å². The molecule has 0 aromatic rings. The predicted octanol–water partition coefficient (Wildman–Crippen LogP) is 2.06. The Hall–Kier alpha value is -3.65. The first-order valence-electron chi connectivity index (χ1n) is 19.3. The summed E-state index contributed by atoms with van der Waals surface area (Å²) in [4.78, 5) is 97.5. The molecule has 0 bridgehead atoms. The lowest BCUT2D eigenvalue weighted by atomic mass is 9.86. The number of aldehydes is 1. The van der Waals surface area contributed by atoms with E-state index in [4.69, 9.17) is 0 Å². The number of carbonyl (C=O) groups excluding carboxylic acids is 7. The largest absolute Gasteiger partial charge is 0.346 e. The number of piperidine rings is 1. The van der Waals surface area contributed by atoms with Crippen LogP contribution in [0.2, 0.25) is 0 Å². The molecule has 7 atom stereocenters. The summed E-state index contributed by atoms with van der Waals surface area (Å²) in [5, 5.41) is 11.4. The third-order valence-electron chi connectivity index (χ3n) is 11.4. The van der Waals surface area contributed by atoms with E-state index in [0.29, 0.717) is 45.1 Å². The molecule has 1 saturated carbocycles. The van der Waals surface area contributed by atoms with Crippen LogP contribution < -0.4 is 21.3 Å². The van der Waals surface area contributed by atoms with Crippen LogP contribution in [0.3, 0.4) is 0 Å². The molecule has 5 amide bonds. The van der Waals surface area contributed by atoms with Crippen LogP contribution in [0, 0.1) is 22.7 Å². The van der Waals surface area contributed by atoms with Crippen molar-refractivity contribution in [2.75, 3.05) is 47.3 Å². The summed E-state index contributed by atoms with van der Waals surface area (Å²) >= 11 is 0. The van der Waals surface area contributed by atoms with Gasteiger partial charge < -0.3 is 31.1 Å². The van der Waals surface area contributed by atoms with E-state index in [0.717, 1.165) is 32.1 Å². The van der Waals surface area contributed by atoms with Crippen LogP contribution in [-0.4, -0.2) is 134 Å². The molecular weight excluding hydrogens is 678 g/mol. The predicted molar refractivity (Wildman–Crippen MR) is 203 cm³/mol. The summed E-state index contributed by atoms with van der Waals surface area (Å²) in [5.41, 5.74) is -0.646. The van der Waals surface area contributed by atoms with Crippen molar-refractivity contribution in [1.82, 2.24) is 36.0 Å². The summed E-state index contributed by atoms with van der Waals surface area (Å²) in [6, 6.07) is -4.48. The quantitative estimate of drug-likeness (QED) is 0.125. The molecule has 14 heteroatoms. The topological polar surface area (TPSA) is 177 Å². The minimum Gasteiger partial charge on any atom is -0.346 e. The first-order chi connectivity index (χ1) is 24.8. The molecule has 53 heavy (non-hydrogen) atoms. The van der Waals surface area contributed by atoms with Gasteiger partial charge >= 0.3 is 6.03 Å². The molecule has 2 aliphatic heterocycles. The standard InChI is InChI=1S/C39H65N7O7/c1-10-20-40-35(51)33(49)26-18-16-14-12-11-13-15-17-19-27(36(52)46-21-25-31(39(25,5)6)32(46)34(50)41-26)42-37(53)43-30(38(2,3)4)23-45(9)28(22-44(7)8)29(48)24-47/h10,24-28,30-32H,1,11-23H2,2-9H3,(H,40,51)(H,41,50)(H2,42,43,53)/t25-,26-,27-,28+,30+,31-,32-/m0/s1. The fourth-order valence-corrected chi connectivity index (χ4v) is 7.97. The van der Waals surface area contributed by atoms with E-state index in [1.165, 1.54) is 6.08 Å². The van der Waals surface area contributed by atoms with Crippen LogP contribution in [0.1, 0.15) is 92.4 Å². The smallest absolute Gasteiger partial charge is 0.315 e. The van der Waals surface area contributed by atoms with Crippen LogP contribution in [0.4, 0.5) is 4.79 Å². The molecule has 0 unspecified atom stereocenters. The van der Waals surface area contributed by atoms with Crippen molar-refractivity contribution >= 4 is 41.6 Å². The first kappa shape index (κ1) is 43.8. The molecule has 1 aliphatic carbocycles. The summed E-state index contributed by atoms with van der Waals surface area (Å²) in [6.07, 6.45) is 8.47. The molecule has 2 saturated heterocycles. The van der Waals surface area contributed by atoms with E-state index < -0.39 is 65.0 Å².